The molecule has 7 nitrogen and oxygen atoms in total. The molecule has 2 aromatic heterocycles. The summed E-state index contributed by atoms with van der Waals surface area (Å²) < 4.78 is 0. The van der Waals surface area contributed by atoms with E-state index in [-0.39, 0.29) is 17.7 Å². The van der Waals surface area contributed by atoms with Gasteiger partial charge in [-0.2, -0.15) is 0 Å². The fraction of sp³-hybridized carbons (Fsp3) is 0.500. The minimum atomic E-state index is -0.0871. The van der Waals surface area contributed by atoms with Gasteiger partial charge < -0.3 is 15.5 Å². The maximum Gasteiger partial charge on any atom is 0.261 e. The molecule has 1 amide bonds. The first-order chi connectivity index (χ1) is 13.3. The number of carbonyl (C=O) groups is 2. The molecule has 1 aliphatic carbocycles. The zero-order valence-corrected chi connectivity index (χ0v) is 17.6. The van der Waals surface area contributed by atoms with E-state index in [1.54, 1.807) is 12.1 Å². The predicted octanol–water partition coefficient (Wildman–Crippen LogP) is 3.27. The van der Waals surface area contributed by atoms with E-state index in [4.69, 9.17) is 0 Å². The van der Waals surface area contributed by atoms with Crippen molar-refractivity contribution in [2.24, 2.45) is 0 Å². The number of nitrogens with one attached hydrogen (secondary N) is 2. The minimum absolute atomic E-state index is 0.00647. The molecule has 2 aromatic rings. The average molecular weight is 402 g/mol. The molecule has 0 radical (unpaired) electrons. The van der Waals surface area contributed by atoms with Crippen LogP contribution < -0.4 is 15.5 Å². The van der Waals surface area contributed by atoms with Crippen LogP contribution in [0.15, 0.2) is 18.2 Å². The van der Waals surface area contributed by atoms with E-state index in [2.05, 4.69) is 20.6 Å². The van der Waals surface area contributed by atoms with Gasteiger partial charge in [0.2, 0.25) is 0 Å². The molecular formula is C20H27N5O2S. The lowest BCUT2D eigenvalue weighted by molar-refractivity contribution is 0.0930. The number of rotatable bonds is 6. The van der Waals surface area contributed by atoms with Crippen molar-refractivity contribution in [1.82, 2.24) is 15.3 Å². The summed E-state index contributed by atoms with van der Waals surface area (Å²) in [4.78, 5) is 35.9. The smallest absolute Gasteiger partial charge is 0.261 e. The Morgan fingerprint density at radius 1 is 1.07 bits per heavy atom. The zero-order valence-electron chi connectivity index (χ0n) is 16.8. The number of hydrogen-bond donors (Lipinski definition) is 2. The second kappa shape index (κ2) is 8.68. The number of nitrogens with zero attached hydrogens (tertiary/aromatic N) is 3. The Hall–Kier alpha value is -2.48. The number of carbonyl (C=O) groups excluding carboxylic acids is 2. The number of Topliss-reactive ketones (excluding diaryl/α,β-unsaturated/α-hetero) is 1. The van der Waals surface area contributed by atoms with Crippen molar-refractivity contribution in [2.45, 2.75) is 51.6 Å². The molecule has 2 heterocycles. The van der Waals surface area contributed by atoms with E-state index in [9.17, 15) is 9.59 Å². The van der Waals surface area contributed by atoms with Crippen LogP contribution in [0.3, 0.4) is 0 Å². The van der Waals surface area contributed by atoms with Gasteiger partial charge >= 0.3 is 0 Å². The Labute approximate surface area is 169 Å². The van der Waals surface area contributed by atoms with Crippen LogP contribution in [0, 0.1) is 6.92 Å². The van der Waals surface area contributed by atoms with E-state index in [0.29, 0.717) is 15.8 Å². The molecule has 1 fully saturated rings. The Kier molecular flexibility index (Phi) is 6.28. The van der Waals surface area contributed by atoms with Crippen LogP contribution in [0.2, 0.25) is 0 Å². The van der Waals surface area contributed by atoms with E-state index in [1.807, 2.05) is 32.0 Å². The number of anilines is 2. The normalized spacial score (nSPS) is 19.1. The molecule has 0 saturated heterocycles. The van der Waals surface area contributed by atoms with E-state index in [0.717, 1.165) is 43.1 Å². The number of amides is 1. The lowest BCUT2D eigenvalue weighted by Gasteiger charge is -2.30. The topological polar surface area (TPSA) is 87.2 Å². The summed E-state index contributed by atoms with van der Waals surface area (Å²) in [7, 11) is 3.93. The van der Waals surface area contributed by atoms with Crippen molar-refractivity contribution in [3.63, 3.8) is 0 Å². The Bertz CT molecular complexity index is 856. The second-order valence-corrected chi connectivity index (χ2v) is 8.52. The number of aromatic nitrogens is 2. The molecular weight excluding hydrogens is 374 g/mol. The average Bonchev–Trinajstić information content (AvgIpc) is 3.13. The standard InChI is InChI=1S/C20H27N5O2S/c1-12(26)16-9-10-17(28-16)20(27)24-15-7-5-14(6-8-15)23-18-11-19(25(3)4)22-13(2)21-18/h9-11,14-15H,5-8H2,1-4H3,(H,24,27)(H,21,22,23). The van der Waals surface area contributed by atoms with Crippen LogP contribution in [0.4, 0.5) is 11.6 Å². The lowest BCUT2D eigenvalue weighted by atomic mass is 9.91. The van der Waals surface area contributed by atoms with Crippen LogP contribution in [0.25, 0.3) is 0 Å². The Morgan fingerprint density at radius 2 is 1.71 bits per heavy atom. The first-order valence-corrected chi connectivity index (χ1v) is 10.3. The van der Waals surface area contributed by atoms with Gasteiger partial charge in [0, 0.05) is 32.2 Å². The van der Waals surface area contributed by atoms with Gasteiger partial charge in [0.15, 0.2) is 5.78 Å². The van der Waals surface area contributed by atoms with Crippen molar-refractivity contribution in [1.29, 1.82) is 0 Å². The van der Waals surface area contributed by atoms with E-state index in [1.165, 1.54) is 18.3 Å². The highest BCUT2D eigenvalue weighted by molar-refractivity contribution is 7.15. The van der Waals surface area contributed by atoms with Gasteiger partial charge in [0.05, 0.1) is 9.75 Å². The summed E-state index contributed by atoms with van der Waals surface area (Å²) >= 11 is 1.25. The van der Waals surface area contributed by atoms with Crippen molar-refractivity contribution < 1.29 is 9.59 Å². The molecule has 0 bridgehead atoms. The highest BCUT2D eigenvalue weighted by Gasteiger charge is 2.24. The molecule has 28 heavy (non-hydrogen) atoms. The molecule has 3 rings (SSSR count). The molecule has 150 valence electrons. The molecule has 0 atom stereocenters. The van der Waals surface area contributed by atoms with Gasteiger partial charge in [-0.25, -0.2) is 9.97 Å². The van der Waals surface area contributed by atoms with Crippen LogP contribution in [0.5, 0.6) is 0 Å². The quantitative estimate of drug-likeness (QED) is 0.723. The van der Waals surface area contributed by atoms with Crippen molar-refractivity contribution in [3.8, 4) is 0 Å². The van der Waals surface area contributed by atoms with Crippen molar-refractivity contribution in [2.75, 3.05) is 24.3 Å². The third-order valence-corrected chi connectivity index (χ3v) is 6.06. The Balaban J connectivity index is 1.52. The summed E-state index contributed by atoms with van der Waals surface area (Å²) in [6.45, 7) is 3.41. The maximum absolute atomic E-state index is 12.4. The molecule has 0 aliphatic heterocycles. The summed E-state index contributed by atoms with van der Waals surface area (Å²) in [5.74, 6) is 2.38. The molecule has 0 aromatic carbocycles. The number of thiophene rings is 1. The van der Waals surface area contributed by atoms with Gasteiger partial charge in [0.1, 0.15) is 17.5 Å². The second-order valence-electron chi connectivity index (χ2n) is 7.44. The lowest BCUT2D eigenvalue weighted by Crippen LogP contribution is -2.40. The molecule has 1 aliphatic rings. The third kappa shape index (κ3) is 5.07. The molecule has 8 heteroatoms. The molecule has 2 N–H and O–H groups in total. The maximum atomic E-state index is 12.4. The van der Waals surface area contributed by atoms with Gasteiger partial charge in [-0.05, 0) is 51.7 Å². The first kappa shape index (κ1) is 20.3. The summed E-state index contributed by atoms with van der Waals surface area (Å²) in [5, 5.41) is 6.62. The monoisotopic (exact) mass is 401 g/mol. The van der Waals surface area contributed by atoms with Gasteiger partial charge in [0.25, 0.3) is 5.91 Å². The molecule has 1 saturated carbocycles. The van der Waals surface area contributed by atoms with Crippen LogP contribution >= 0.6 is 11.3 Å². The predicted molar refractivity (Wildman–Crippen MR) is 113 cm³/mol. The number of ketones is 1. The van der Waals surface area contributed by atoms with Crippen LogP contribution in [0.1, 0.15) is 57.8 Å². The van der Waals surface area contributed by atoms with E-state index >= 15 is 0 Å². The summed E-state index contributed by atoms with van der Waals surface area (Å²) in [5.41, 5.74) is 0. The fourth-order valence-corrected chi connectivity index (χ4v) is 4.16. The van der Waals surface area contributed by atoms with Crippen molar-refractivity contribution >= 4 is 34.7 Å². The van der Waals surface area contributed by atoms with Gasteiger partial charge in [-0.3, -0.25) is 9.59 Å². The Morgan fingerprint density at radius 3 is 2.32 bits per heavy atom. The highest BCUT2D eigenvalue weighted by atomic mass is 32.1. The minimum Gasteiger partial charge on any atom is -0.367 e. The molecule has 0 unspecified atom stereocenters. The van der Waals surface area contributed by atoms with Crippen LogP contribution in [-0.2, 0) is 0 Å². The first-order valence-electron chi connectivity index (χ1n) is 9.53. The van der Waals surface area contributed by atoms with E-state index < -0.39 is 0 Å². The molecule has 0 spiro atoms. The fourth-order valence-electron chi connectivity index (χ4n) is 3.35. The van der Waals surface area contributed by atoms with Gasteiger partial charge in [-0.15, -0.1) is 11.3 Å². The number of hydrogen-bond acceptors (Lipinski definition) is 7. The zero-order chi connectivity index (χ0) is 20.3. The number of aryl methyl sites for hydroxylation is 1. The summed E-state index contributed by atoms with van der Waals surface area (Å²) in [6.07, 6.45) is 3.76. The van der Waals surface area contributed by atoms with Gasteiger partial charge in [-0.1, -0.05) is 0 Å². The largest absolute Gasteiger partial charge is 0.367 e. The highest BCUT2D eigenvalue weighted by Crippen LogP contribution is 2.24. The third-order valence-electron chi connectivity index (χ3n) is 4.87. The summed E-state index contributed by atoms with van der Waals surface area (Å²) in [6, 6.07) is 5.91. The van der Waals surface area contributed by atoms with Crippen molar-refractivity contribution in [3.05, 3.63) is 33.8 Å². The van der Waals surface area contributed by atoms with Crippen LogP contribution in [-0.4, -0.2) is 47.8 Å². The SMILES string of the molecule is CC(=O)c1ccc(C(=O)NC2CCC(Nc3cc(N(C)C)nc(C)n3)CC2)s1.